The number of H-pyrrole nitrogens is 1. The quantitative estimate of drug-likeness (QED) is 0.572. The zero-order valence-electron chi connectivity index (χ0n) is 17.6. The maximum absolute atomic E-state index is 6.35. The van der Waals surface area contributed by atoms with Crippen molar-refractivity contribution in [2.24, 2.45) is 4.99 Å². The number of nitrogens with zero attached hydrogens (tertiary/aromatic N) is 6. The van der Waals surface area contributed by atoms with Gasteiger partial charge in [0, 0.05) is 24.3 Å². The Kier molecular flexibility index (Phi) is 6.41. The summed E-state index contributed by atoms with van der Waals surface area (Å²) in [5.41, 5.74) is 1.57. The lowest BCUT2D eigenvalue weighted by Gasteiger charge is -2.36. The summed E-state index contributed by atoms with van der Waals surface area (Å²) < 4.78 is 13.5. The van der Waals surface area contributed by atoms with Gasteiger partial charge < -0.3 is 9.16 Å². The van der Waals surface area contributed by atoms with Crippen molar-refractivity contribution >= 4 is 25.5 Å². The predicted molar refractivity (Wildman–Crippen MR) is 114 cm³/mol. The van der Waals surface area contributed by atoms with E-state index in [1.807, 2.05) is 28.3 Å². The van der Waals surface area contributed by atoms with E-state index in [0.717, 1.165) is 16.1 Å². The number of aromatic amines is 1. The standard InChI is InChI=1S/C18H27N7O2SSi/c1-18(2,3)29(5,6)27-11-14-9-13(16-21-23-24-22-16)10-15(19-14)20-17-25(12-26-4)7-8-28-17/h7-10H,11-12H2,1-6H3,(H,21,22,23,24)/b20-17-. The summed E-state index contributed by atoms with van der Waals surface area (Å²) in [7, 11) is -0.258. The molecular weight excluding hydrogens is 406 g/mol. The summed E-state index contributed by atoms with van der Waals surface area (Å²) in [6.07, 6.45) is 1.93. The molecule has 0 aromatic carbocycles. The van der Waals surface area contributed by atoms with E-state index in [2.05, 4.69) is 54.5 Å². The molecule has 0 aliphatic heterocycles. The number of hydrogen-bond donors (Lipinski definition) is 1. The van der Waals surface area contributed by atoms with Crippen molar-refractivity contribution in [2.45, 2.75) is 52.2 Å². The molecule has 0 spiro atoms. The normalized spacial score (nSPS) is 13.2. The molecule has 0 radical (unpaired) electrons. The number of aromatic nitrogens is 6. The molecule has 29 heavy (non-hydrogen) atoms. The summed E-state index contributed by atoms with van der Waals surface area (Å²) in [5.74, 6) is 1.06. The molecule has 0 bridgehead atoms. The monoisotopic (exact) mass is 433 g/mol. The van der Waals surface area contributed by atoms with Gasteiger partial charge in [0.15, 0.2) is 18.9 Å². The highest BCUT2D eigenvalue weighted by atomic mass is 32.1. The number of nitrogens with one attached hydrogen (secondary N) is 1. The first-order valence-corrected chi connectivity index (χ1v) is 13.0. The molecule has 0 aliphatic rings. The van der Waals surface area contributed by atoms with Gasteiger partial charge in [0.1, 0.15) is 6.73 Å². The lowest BCUT2D eigenvalue weighted by atomic mass is 10.2. The van der Waals surface area contributed by atoms with Crippen LogP contribution in [-0.2, 0) is 22.5 Å². The highest BCUT2D eigenvalue weighted by Crippen LogP contribution is 2.37. The highest BCUT2D eigenvalue weighted by Gasteiger charge is 2.37. The van der Waals surface area contributed by atoms with Gasteiger partial charge in [-0.1, -0.05) is 20.8 Å². The number of ether oxygens (including phenoxy) is 1. The molecule has 0 atom stereocenters. The summed E-state index contributed by atoms with van der Waals surface area (Å²) >= 11 is 1.52. The first-order chi connectivity index (χ1) is 13.7. The van der Waals surface area contributed by atoms with E-state index < -0.39 is 8.32 Å². The van der Waals surface area contributed by atoms with E-state index in [4.69, 9.17) is 19.1 Å². The Morgan fingerprint density at radius 2 is 2.07 bits per heavy atom. The van der Waals surface area contributed by atoms with E-state index >= 15 is 0 Å². The summed E-state index contributed by atoms with van der Waals surface area (Å²) in [6, 6.07) is 3.77. The highest BCUT2D eigenvalue weighted by molar-refractivity contribution is 7.07. The van der Waals surface area contributed by atoms with Gasteiger partial charge in [-0.3, -0.25) is 4.57 Å². The summed E-state index contributed by atoms with van der Waals surface area (Å²) in [5, 5.41) is 16.4. The third-order valence-corrected chi connectivity index (χ3v) is 10.3. The van der Waals surface area contributed by atoms with Crippen molar-refractivity contribution in [1.82, 2.24) is 30.2 Å². The number of tetrazole rings is 1. The van der Waals surface area contributed by atoms with Crippen molar-refractivity contribution in [3.63, 3.8) is 0 Å². The average molecular weight is 434 g/mol. The number of rotatable bonds is 7. The van der Waals surface area contributed by atoms with Crippen LogP contribution in [-0.4, -0.2) is 45.6 Å². The second-order valence-electron chi connectivity index (χ2n) is 8.17. The van der Waals surface area contributed by atoms with E-state index in [-0.39, 0.29) is 5.04 Å². The van der Waals surface area contributed by atoms with Crippen LogP contribution in [0.2, 0.25) is 18.1 Å². The number of hydrogen-bond acceptors (Lipinski definition) is 8. The minimum absolute atomic E-state index is 0.119. The van der Waals surface area contributed by atoms with Crippen LogP contribution in [0.3, 0.4) is 0 Å². The Morgan fingerprint density at radius 3 is 2.72 bits per heavy atom. The number of methoxy groups -OCH3 is 1. The molecule has 9 nitrogen and oxygen atoms in total. The Labute approximate surface area is 175 Å². The molecule has 11 heteroatoms. The molecule has 0 amide bonds. The van der Waals surface area contributed by atoms with Crippen molar-refractivity contribution in [3.05, 3.63) is 34.2 Å². The van der Waals surface area contributed by atoms with E-state index in [9.17, 15) is 0 Å². The zero-order chi connectivity index (χ0) is 21.1. The molecule has 0 saturated heterocycles. The molecule has 3 aromatic heterocycles. The van der Waals surface area contributed by atoms with E-state index in [0.29, 0.717) is 25.0 Å². The summed E-state index contributed by atoms with van der Waals surface area (Å²) in [4.78, 5) is 10.2. The van der Waals surface area contributed by atoms with Gasteiger partial charge in [0.2, 0.25) is 5.82 Å². The number of thiazole rings is 1. The SMILES string of the molecule is COCn1ccs/c1=N\c1cc(-c2nn[nH]n2)cc(CO[Si](C)(C)C(C)(C)C)n1. The summed E-state index contributed by atoms with van der Waals surface area (Å²) in [6.45, 7) is 11.9. The molecule has 3 rings (SSSR count). The van der Waals surface area contributed by atoms with Crippen molar-refractivity contribution in [2.75, 3.05) is 7.11 Å². The maximum atomic E-state index is 6.35. The maximum Gasteiger partial charge on any atom is 0.204 e. The van der Waals surface area contributed by atoms with Gasteiger partial charge in [-0.25, -0.2) is 9.98 Å². The second-order valence-corrected chi connectivity index (χ2v) is 13.9. The fraction of sp³-hybridized carbons (Fsp3) is 0.500. The fourth-order valence-electron chi connectivity index (χ4n) is 2.31. The van der Waals surface area contributed by atoms with Crippen molar-refractivity contribution in [1.29, 1.82) is 0 Å². The van der Waals surface area contributed by atoms with Gasteiger partial charge in [-0.05, 0) is 35.5 Å². The average Bonchev–Trinajstić information content (AvgIpc) is 3.32. The van der Waals surface area contributed by atoms with Gasteiger partial charge in [0.05, 0.1) is 12.3 Å². The first kappa shape index (κ1) is 21.5. The Bertz CT molecular complexity index is 1010. The zero-order valence-corrected chi connectivity index (χ0v) is 19.4. The fourth-order valence-corrected chi connectivity index (χ4v) is 3.98. The molecular formula is C18H27N7O2SSi. The first-order valence-electron chi connectivity index (χ1n) is 9.26. The minimum atomic E-state index is -1.91. The van der Waals surface area contributed by atoms with Gasteiger partial charge >= 0.3 is 0 Å². The molecule has 0 saturated carbocycles. The van der Waals surface area contributed by atoms with Gasteiger partial charge in [-0.2, -0.15) is 5.21 Å². The van der Waals surface area contributed by atoms with Crippen LogP contribution in [0.1, 0.15) is 26.5 Å². The third-order valence-electron chi connectivity index (χ3n) is 4.99. The predicted octanol–water partition coefficient (Wildman–Crippen LogP) is 3.48. The second kappa shape index (κ2) is 8.65. The van der Waals surface area contributed by atoms with Crippen molar-refractivity contribution in [3.8, 4) is 11.4 Å². The van der Waals surface area contributed by atoms with Crippen molar-refractivity contribution < 1.29 is 9.16 Å². The van der Waals surface area contributed by atoms with Crippen LogP contribution in [0.5, 0.6) is 0 Å². The molecule has 3 heterocycles. The molecule has 1 N–H and O–H groups in total. The molecule has 0 aliphatic carbocycles. The Morgan fingerprint density at radius 1 is 1.28 bits per heavy atom. The minimum Gasteiger partial charge on any atom is -0.411 e. The molecule has 0 unspecified atom stereocenters. The van der Waals surface area contributed by atoms with Gasteiger partial charge in [-0.15, -0.1) is 21.5 Å². The molecule has 156 valence electrons. The van der Waals surface area contributed by atoms with E-state index in [1.54, 1.807) is 7.11 Å². The largest absolute Gasteiger partial charge is 0.411 e. The van der Waals surface area contributed by atoms with Crippen LogP contribution in [0.4, 0.5) is 5.82 Å². The van der Waals surface area contributed by atoms with Crippen LogP contribution in [0.25, 0.3) is 11.4 Å². The van der Waals surface area contributed by atoms with Crippen LogP contribution in [0.15, 0.2) is 28.7 Å². The smallest absolute Gasteiger partial charge is 0.204 e. The Hall–Kier alpha value is -2.21. The van der Waals surface area contributed by atoms with Crippen LogP contribution < -0.4 is 4.80 Å². The Balaban J connectivity index is 1.98. The topological polar surface area (TPSA) is 103 Å². The third kappa shape index (κ3) is 5.24. The van der Waals surface area contributed by atoms with Crippen LogP contribution in [0, 0.1) is 0 Å². The van der Waals surface area contributed by atoms with E-state index in [1.165, 1.54) is 11.3 Å². The lowest BCUT2D eigenvalue weighted by molar-refractivity contribution is 0.129. The molecule has 3 aromatic rings. The van der Waals surface area contributed by atoms with Gasteiger partial charge in [0.25, 0.3) is 0 Å². The lowest BCUT2D eigenvalue weighted by Crippen LogP contribution is -2.40. The molecule has 0 fully saturated rings. The number of pyridine rings is 1. The van der Waals surface area contributed by atoms with Crippen LogP contribution >= 0.6 is 11.3 Å².